The molecule has 0 aromatic carbocycles. The molecule has 0 amide bonds. The molecule has 11 heteroatoms. The largest absolute Gasteiger partial charge is 0.401 e. The maximum atomic E-state index is 12.2. The standard InChI is InChI=1S/C14H16N6O3S2/c1-9(16)11(6-15)12(21)8-24-14-18-17-13-5-4-10(7-20(13)14)25(22,23)19(2)3/h4-5,7H,8,16H2,1-3H3. The minimum Gasteiger partial charge on any atom is -0.401 e. The lowest BCUT2D eigenvalue weighted by atomic mass is 10.2. The number of hydrogen-bond acceptors (Lipinski definition) is 8. The van der Waals surface area contributed by atoms with E-state index in [2.05, 4.69) is 10.2 Å². The number of Topliss-reactive ketones (excluding diaryl/α,β-unsaturated/α-hetero) is 1. The van der Waals surface area contributed by atoms with Gasteiger partial charge in [0.15, 0.2) is 16.6 Å². The third-order valence-corrected chi connectivity index (χ3v) is 5.98. The number of nitrogens with zero attached hydrogens (tertiary/aromatic N) is 5. The number of sulfonamides is 1. The van der Waals surface area contributed by atoms with E-state index in [9.17, 15) is 13.2 Å². The van der Waals surface area contributed by atoms with Crippen LogP contribution in [0, 0.1) is 11.3 Å². The zero-order valence-electron chi connectivity index (χ0n) is 13.8. The highest BCUT2D eigenvalue weighted by atomic mass is 32.2. The van der Waals surface area contributed by atoms with E-state index in [-0.39, 0.29) is 21.9 Å². The van der Waals surface area contributed by atoms with Crippen LogP contribution in [-0.2, 0) is 14.8 Å². The highest BCUT2D eigenvalue weighted by Gasteiger charge is 2.20. The van der Waals surface area contributed by atoms with E-state index in [0.717, 1.165) is 16.1 Å². The Morgan fingerprint density at radius 3 is 2.64 bits per heavy atom. The maximum Gasteiger partial charge on any atom is 0.244 e. The number of rotatable bonds is 6. The number of allylic oxidation sites excluding steroid dienone is 2. The number of fused-ring (bicyclic) bond motifs is 1. The van der Waals surface area contributed by atoms with Crippen molar-refractivity contribution in [2.75, 3.05) is 19.8 Å². The lowest BCUT2D eigenvalue weighted by Gasteiger charge is -2.11. The van der Waals surface area contributed by atoms with E-state index in [1.165, 1.54) is 43.7 Å². The molecule has 0 aliphatic rings. The van der Waals surface area contributed by atoms with E-state index >= 15 is 0 Å². The summed E-state index contributed by atoms with van der Waals surface area (Å²) < 4.78 is 27.1. The van der Waals surface area contributed by atoms with Crippen LogP contribution in [-0.4, -0.2) is 53.0 Å². The topological polar surface area (TPSA) is 134 Å². The maximum absolute atomic E-state index is 12.2. The summed E-state index contributed by atoms with van der Waals surface area (Å²) in [4.78, 5) is 12.1. The highest BCUT2D eigenvalue weighted by molar-refractivity contribution is 7.99. The molecule has 2 aromatic heterocycles. The van der Waals surface area contributed by atoms with Gasteiger partial charge in [0, 0.05) is 26.0 Å². The summed E-state index contributed by atoms with van der Waals surface area (Å²) >= 11 is 1.04. The molecule has 2 aromatic rings. The quantitative estimate of drug-likeness (QED) is 0.432. The molecule has 0 unspecified atom stereocenters. The van der Waals surface area contributed by atoms with Gasteiger partial charge in [-0.15, -0.1) is 10.2 Å². The molecule has 0 aliphatic heterocycles. The average molecular weight is 380 g/mol. The molecule has 9 nitrogen and oxygen atoms in total. The zero-order chi connectivity index (χ0) is 18.8. The van der Waals surface area contributed by atoms with Gasteiger partial charge in [-0.2, -0.15) is 5.26 Å². The second kappa shape index (κ2) is 7.22. The molecule has 2 heterocycles. The van der Waals surface area contributed by atoms with Crippen LogP contribution < -0.4 is 5.73 Å². The number of carbonyl (C=O) groups is 1. The van der Waals surface area contributed by atoms with Crippen LogP contribution in [0.1, 0.15) is 6.92 Å². The van der Waals surface area contributed by atoms with Crippen molar-refractivity contribution < 1.29 is 13.2 Å². The van der Waals surface area contributed by atoms with Gasteiger partial charge in [0.1, 0.15) is 11.6 Å². The number of nitriles is 1. The highest BCUT2D eigenvalue weighted by Crippen LogP contribution is 2.21. The van der Waals surface area contributed by atoms with Crippen LogP contribution >= 0.6 is 11.8 Å². The second-order valence-electron chi connectivity index (χ2n) is 5.24. The summed E-state index contributed by atoms with van der Waals surface area (Å²) in [5.41, 5.74) is 6.00. The summed E-state index contributed by atoms with van der Waals surface area (Å²) in [5.74, 6) is -0.496. The Morgan fingerprint density at radius 2 is 2.08 bits per heavy atom. The fourth-order valence-corrected chi connectivity index (χ4v) is 3.57. The van der Waals surface area contributed by atoms with Gasteiger partial charge in [-0.1, -0.05) is 11.8 Å². The third-order valence-electron chi connectivity index (χ3n) is 3.24. The van der Waals surface area contributed by atoms with E-state index in [1.807, 2.05) is 0 Å². The molecule has 0 saturated heterocycles. The number of aromatic nitrogens is 3. The van der Waals surface area contributed by atoms with Gasteiger partial charge >= 0.3 is 0 Å². The second-order valence-corrected chi connectivity index (χ2v) is 8.34. The first-order valence-corrected chi connectivity index (χ1v) is 9.40. The molecule has 0 fully saturated rings. The predicted molar refractivity (Wildman–Crippen MR) is 92.1 cm³/mol. The first kappa shape index (κ1) is 18.9. The number of nitrogens with two attached hydrogens (primary N) is 1. The van der Waals surface area contributed by atoms with Gasteiger partial charge in [0.05, 0.1) is 10.6 Å². The van der Waals surface area contributed by atoms with Crippen molar-refractivity contribution in [3.05, 3.63) is 29.6 Å². The Kier molecular flexibility index (Phi) is 5.46. The van der Waals surface area contributed by atoms with Crippen LogP contribution in [0.4, 0.5) is 0 Å². The number of carbonyl (C=O) groups excluding carboxylic acids is 1. The molecule has 2 N–H and O–H groups in total. The Labute approximate surface area is 149 Å². The molecule has 0 bridgehead atoms. The average Bonchev–Trinajstić information content (AvgIpc) is 2.95. The number of ketones is 1. The van der Waals surface area contributed by atoms with Gasteiger partial charge in [-0.05, 0) is 19.1 Å². The van der Waals surface area contributed by atoms with E-state index < -0.39 is 15.8 Å². The smallest absolute Gasteiger partial charge is 0.244 e. The van der Waals surface area contributed by atoms with E-state index in [0.29, 0.717) is 10.8 Å². The summed E-state index contributed by atoms with van der Waals surface area (Å²) in [6.45, 7) is 1.48. The lowest BCUT2D eigenvalue weighted by molar-refractivity contribution is -0.112. The van der Waals surface area contributed by atoms with Gasteiger partial charge in [-0.25, -0.2) is 12.7 Å². The molecule has 0 aliphatic carbocycles. The van der Waals surface area contributed by atoms with Gasteiger partial charge < -0.3 is 5.73 Å². The molecule has 2 rings (SSSR count). The lowest BCUT2D eigenvalue weighted by Crippen LogP contribution is -2.22. The van der Waals surface area contributed by atoms with Crippen molar-refractivity contribution in [2.45, 2.75) is 17.0 Å². The van der Waals surface area contributed by atoms with Crippen molar-refractivity contribution in [2.24, 2.45) is 5.73 Å². The van der Waals surface area contributed by atoms with Crippen LogP contribution in [0.15, 0.2) is 39.7 Å². The van der Waals surface area contributed by atoms with Crippen LogP contribution in [0.3, 0.4) is 0 Å². The minimum atomic E-state index is -3.61. The molecule has 0 radical (unpaired) electrons. The van der Waals surface area contributed by atoms with Crippen molar-refractivity contribution in [3.8, 4) is 6.07 Å². The summed E-state index contributed by atoms with van der Waals surface area (Å²) in [6.07, 6.45) is 1.40. The monoisotopic (exact) mass is 380 g/mol. The van der Waals surface area contributed by atoms with E-state index in [4.69, 9.17) is 11.0 Å². The number of pyridine rings is 1. The normalized spacial score (nSPS) is 12.9. The van der Waals surface area contributed by atoms with Crippen molar-refractivity contribution >= 4 is 33.2 Å². The fraction of sp³-hybridized carbons (Fsp3) is 0.286. The Balaban J connectivity index is 2.33. The fourth-order valence-electron chi connectivity index (χ4n) is 1.88. The molecule has 25 heavy (non-hydrogen) atoms. The van der Waals surface area contributed by atoms with Crippen molar-refractivity contribution in [1.29, 1.82) is 5.26 Å². The van der Waals surface area contributed by atoms with Crippen molar-refractivity contribution in [3.63, 3.8) is 0 Å². The Bertz CT molecular complexity index is 997. The Hall–Kier alpha value is -2.42. The summed E-state index contributed by atoms with van der Waals surface area (Å²) in [6, 6.07) is 4.74. The molecular weight excluding hydrogens is 364 g/mol. The summed E-state index contributed by atoms with van der Waals surface area (Å²) in [7, 11) is -0.738. The number of thioether (sulfide) groups is 1. The van der Waals surface area contributed by atoms with Crippen LogP contribution in [0.5, 0.6) is 0 Å². The van der Waals surface area contributed by atoms with Gasteiger partial charge in [0.2, 0.25) is 10.0 Å². The zero-order valence-corrected chi connectivity index (χ0v) is 15.4. The minimum absolute atomic E-state index is 0.0666. The molecule has 0 saturated carbocycles. The van der Waals surface area contributed by atoms with Crippen LogP contribution in [0.2, 0.25) is 0 Å². The summed E-state index contributed by atoms with van der Waals surface area (Å²) in [5, 5.41) is 17.2. The first-order valence-electron chi connectivity index (χ1n) is 6.98. The first-order chi connectivity index (χ1) is 11.7. The predicted octanol–water partition coefficient (Wildman–Crippen LogP) is 0.397. The third kappa shape index (κ3) is 3.81. The van der Waals surface area contributed by atoms with Crippen LogP contribution in [0.25, 0.3) is 5.65 Å². The molecule has 0 spiro atoms. The van der Waals surface area contributed by atoms with Gasteiger partial charge in [0.25, 0.3) is 0 Å². The van der Waals surface area contributed by atoms with E-state index in [1.54, 1.807) is 6.07 Å². The molecule has 0 atom stereocenters. The molecule has 132 valence electrons. The SMILES string of the molecule is CC(N)=C(C#N)C(=O)CSc1nnc2ccc(S(=O)(=O)N(C)C)cn12. The Morgan fingerprint density at radius 1 is 1.40 bits per heavy atom. The van der Waals surface area contributed by atoms with Gasteiger partial charge in [-0.3, -0.25) is 9.20 Å². The molecular formula is C14H16N6O3S2. The van der Waals surface area contributed by atoms with Crippen molar-refractivity contribution in [1.82, 2.24) is 18.9 Å². The number of hydrogen-bond donors (Lipinski definition) is 1.